The van der Waals surface area contributed by atoms with Crippen LogP contribution in [0.2, 0.25) is 10.0 Å². The largest absolute Gasteiger partial charge is 0.281 e. The van der Waals surface area contributed by atoms with Gasteiger partial charge in [0.1, 0.15) is 0 Å². The van der Waals surface area contributed by atoms with Crippen LogP contribution in [-0.4, -0.2) is 27.3 Å². The smallest absolute Gasteiger partial charge is 0.260 e. The molecule has 0 aliphatic carbocycles. The van der Waals surface area contributed by atoms with Crippen molar-refractivity contribution in [2.75, 3.05) is 5.75 Å². The van der Waals surface area contributed by atoms with Crippen molar-refractivity contribution in [3.8, 4) is 0 Å². The number of carbonyl (C=O) groups is 1. The fourth-order valence-corrected chi connectivity index (χ4v) is 4.13. The number of halogens is 2. The Bertz CT molecular complexity index is 821. The van der Waals surface area contributed by atoms with Crippen molar-refractivity contribution >= 4 is 46.0 Å². The lowest BCUT2D eigenvalue weighted by atomic mass is 10.0. The third-order valence-corrected chi connectivity index (χ3v) is 6.12. The molecule has 0 spiro atoms. The zero-order chi connectivity index (χ0) is 18.0. The molecule has 0 aromatic heterocycles. The van der Waals surface area contributed by atoms with Gasteiger partial charge in [0.15, 0.2) is 5.17 Å². The fourth-order valence-electron chi connectivity index (χ4n) is 2.61. The van der Waals surface area contributed by atoms with Crippen LogP contribution in [0.3, 0.4) is 0 Å². The number of amides is 1. The summed E-state index contributed by atoms with van der Waals surface area (Å²) in [6, 6.07) is 15.0. The van der Waals surface area contributed by atoms with Crippen molar-refractivity contribution in [1.82, 2.24) is 4.90 Å². The first-order valence-electron chi connectivity index (χ1n) is 7.89. The molecule has 2 aromatic rings. The molecule has 6 heteroatoms. The molecule has 0 unspecified atom stereocenters. The van der Waals surface area contributed by atoms with Crippen molar-refractivity contribution in [1.29, 1.82) is 0 Å². The van der Waals surface area contributed by atoms with Gasteiger partial charge in [0, 0.05) is 11.3 Å². The van der Waals surface area contributed by atoms with Gasteiger partial charge in [0.25, 0.3) is 5.91 Å². The highest BCUT2D eigenvalue weighted by molar-refractivity contribution is 8.14. The van der Waals surface area contributed by atoms with Crippen LogP contribution in [0.25, 0.3) is 0 Å². The van der Waals surface area contributed by atoms with Crippen molar-refractivity contribution < 1.29 is 4.79 Å². The molecule has 1 fully saturated rings. The first-order chi connectivity index (χ1) is 11.9. The van der Waals surface area contributed by atoms with Gasteiger partial charge in [-0.3, -0.25) is 14.7 Å². The van der Waals surface area contributed by atoms with Gasteiger partial charge >= 0.3 is 0 Å². The van der Waals surface area contributed by atoms with Gasteiger partial charge in [-0.2, -0.15) is 0 Å². The Morgan fingerprint density at radius 2 is 1.88 bits per heavy atom. The van der Waals surface area contributed by atoms with Gasteiger partial charge in [-0.15, -0.1) is 0 Å². The monoisotopic (exact) mass is 392 g/mol. The summed E-state index contributed by atoms with van der Waals surface area (Å²) in [7, 11) is 0. The van der Waals surface area contributed by atoms with Crippen LogP contribution in [0.5, 0.6) is 0 Å². The number of amidine groups is 1. The number of thioether (sulfide) groups is 1. The number of nitrogens with zero attached hydrogens (tertiary/aromatic N) is 2. The van der Waals surface area contributed by atoms with E-state index in [4.69, 9.17) is 23.2 Å². The molecule has 0 saturated carbocycles. The van der Waals surface area contributed by atoms with Crippen LogP contribution >= 0.6 is 35.0 Å². The van der Waals surface area contributed by atoms with Crippen LogP contribution in [-0.2, 0) is 6.54 Å². The quantitative estimate of drug-likeness (QED) is 0.688. The first kappa shape index (κ1) is 18.3. The number of rotatable bonds is 3. The van der Waals surface area contributed by atoms with Gasteiger partial charge < -0.3 is 0 Å². The molecule has 0 bridgehead atoms. The zero-order valence-electron chi connectivity index (χ0n) is 14.0. The topological polar surface area (TPSA) is 32.7 Å². The predicted molar refractivity (Wildman–Crippen MR) is 107 cm³/mol. The molecule has 0 radical (unpaired) electrons. The van der Waals surface area contributed by atoms with Gasteiger partial charge in [-0.25, -0.2) is 0 Å². The highest BCUT2D eigenvalue weighted by Gasteiger charge is 2.41. The lowest BCUT2D eigenvalue weighted by Gasteiger charge is -2.30. The Morgan fingerprint density at radius 3 is 2.56 bits per heavy atom. The Hall–Kier alpha value is -1.49. The number of aliphatic imine (C=N–C) groups is 1. The number of hydrogen-bond donors (Lipinski definition) is 0. The third kappa shape index (κ3) is 4.02. The predicted octanol–water partition coefficient (Wildman–Crippen LogP) is 5.52. The number of hydrogen-bond acceptors (Lipinski definition) is 3. The SMILES string of the molecule is CC1(C)CSC(=NCc2ccccc2)N1C(=O)c1ccc(Cl)c(Cl)c1. The van der Waals surface area contributed by atoms with E-state index in [1.165, 1.54) is 0 Å². The summed E-state index contributed by atoms with van der Waals surface area (Å²) in [6.07, 6.45) is 0. The normalized spacial score (nSPS) is 17.9. The van der Waals surface area contributed by atoms with Crippen LogP contribution in [0.4, 0.5) is 0 Å². The summed E-state index contributed by atoms with van der Waals surface area (Å²) >= 11 is 13.6. The second-order valence-corrected chi connectivity index (χ2v) is 8.21. The number of carbonyl (C=O) groups excluding carboxylic acids is 1. The molecule has 130 valence electrons. The van der Waals surface area contributed by atoms with Gasteiger partial charge in [0.2, 0.25) is 0 Å². The maximum Gasteiger partial charge on any atom is 0.260 e. The summed E-state index contributed by atoms with van der Waals surface area (Å²) in [5, 5.41) is 1.55. The Kier molecular flexibility index (Phi) is 5.42. The van der Waals surface area contributed by atoms with Crippen LogP contribution in [0.1, 0.15) is 29.8 Å². The van der Waals surface area contributed by atoms with E-state index in [0.29, 0.717) is 22.2 Å². The average Bonchev–Trinajstić information content (AvgIpc) is 2.90. The van der Waals surface area contributed by atoms with E-state index in [2.05, 4.69) is 4.99 Å². The molecule has 2 aromatic carbocycles. The van der Waals surface area contributed by atoms with E-state index < -0.39 is 0 Å². The Balaban J connectivity index is 1.89. The average molecular weight is 393 g/mol. The molecule has 1 aliphatic heterocycles. The van der Waals surface area contributed by atoms with E-state index in [-0.39, 0.29) is 11.4 Å². The summed E-state index contributed by atoms with van der Waals surface area (Å²) in [4.78, 5) is 19.5. The van der Waals surface area contributed by atoms with Gasteiger partial charge in [-0.05, 0) is 37.6 Å². The molecular formula is C19H18Cl2N2OS. The maximum atomic E-state index is 13.1. The summed E-state index contributed by atoms with van der Waals surface area (Å²) in [5.74, 6) is 0.689. The highest BCUT2D eigenvalue weighted by atomic mass is 35.5. The van der Waals surface area contributed by atoms with E-state index in [0.717, 1.165) is 16.5 Å². The Labute approximate surface area is 162 Å². The molecule has 3 nitrogen and oxygen atoms in total. The van der Waals surface area contributed by atoms with Crippen molar-refractivity contribution in [2.24, 2.45) is 4.99 Å². The van der Waals surface area contributed by atoms with Crippen molar-refractivity contribution in [3.05, 3.63) is 69.7 Å². The maximum absolute atomic E-state index is 13.1. The molecule has 3 rings (SSSR count). The fraction of sp³-hybridized carbons (Fsp3) is 0.263. The molecule has 0 atom stereocenters. The molecular weight excluding hydrogens is 375 g/mol. The summed E-state index contributed by atoms with van der Waals surface area (Å²) in [5.41, 5.74) is 1.31. The van der Waals surface area contributed by atoms with Crippen LogP contribution in [0.15, 0.2) is 53.5 Å². The minimum Gasteiger partial charge on any atom is -0.281 e. The minimum atomic E-state index is -0.316. The van der Waals surface area contributed by atoms with Gasteiger partial charge in [-0.1, -0.05) is 65.3 Å². The lowest BCUT2D eigenvalue weighted by Crippen LogP contribution is -2.46. The summed E-state index contributed by atoms with van der Waals surface area (Å²) < 4.78 is 0. The van der Waals surface area contributed by atoms with Crippen molar-refractivity contribution in [2.45, 2.75) is 25.9 Å². The van der Waals surface area contributed by atoms with E-state index in [1.54, 1.807) is 34.9 Å². The van der Waals surface area contributed by atoms with E-state index in [1.807, 2.05) is 44.2 Å². The Morgan fingerprint density at radius 1 is 1.16 bits per heavy atom. The second-order valence-electron chi connectivity index (χ2n) is 6.45. The van der Waals surface area contributed by atoms with Crippen molar-refractivity contribution in [3.63, 3.8) is 0 Å². The third-order valence-electron chi connectivity index (χ3n) is 3.96. The molecule has 1 saturated heterocycles. The standard InChI is InChI=1S/C19H18Cl2N2OS/c1-19(2)12-25-18(22-11-13-6-4-3-5-7-13)23(19)17(24)14-8-9-15(20)16(21)10-14/h3-10H,11-12H2,1-2H3. The highest BCUT2D eigenvalue weighted by Crippen LogP contribution is 2.35. The molecule has 0 N–H and O–H groups in total. The van der Waals surface area contributed by atoms with E-state index >= 15 is 0 Å². The second kappa shape index (κ2) is 7.40. The van der Waals surface area contributed by atoms with Crippen LogP contribution < -0.4 is 0 Å². The van der Waals surface area contributed by atoms with Crippen LogP contribution in [0, 0.1) is 0 Å². The van der Waals surface area contributed by atoms with E-state index in [9.17, 15) is 4.79 Å². The minimum absolute atomic E-state index is 0.111. The first-order valence-corrected chi connectivity index (χ1v) is 9.63. The molecule has 1 amide bonds. The lowest BCUT2D eigenvalue weighted by molar-refractivity contribution is 0.0766. The molecule has 25 heavy (non-hydrogen) atoms. The number of benzene rings is 2. The molecule has 1 heterocycles. The zero-order valence-corrected chi connectivity index (χ0v) is 16.3. The molecule has 1 aliphatic rings. The summed E-state index contributed by atoms with van der Waals surface area (Å²) in [6.45, 7) is 4.63. The van der Waals surface area contributed by atoms with Gasteiger partial charge in [0.05, 0.1) is 22.1 Å².